The van der Waals surface area contributed by atoms with Gasteiger partial charge in [0.15, 0.2) is 0 Å². The predicted octanol–water partition coefficient (Wildman–Crippen LogP) is 1.02. The number of carboxylic acids is 1. The molecule has 110 valence electrons. The summed E-state index contributed by atoms with van der Waals surface area (Å²) in [6.07, 6.45) is 6.23. The molecule has 0 fully saturated rings. The van der Waals surface area contributed by atoms with Gasteiger partial charge in [-0.25, -0.2) is 4.79 Å². The van der Waals surface area contributed by atoms with Crippen LogP contribution in [0.5, 0.6) is 0 Å². The average molecular weight is 297 g/mol. The number of carboxylic acid groups (broad SMARTS) is 1. The van der Waals surface area contributed by atoms with Crippen molar-refractivity contribution in [2.24, 2.45) is 4.99 Å². The quantitative estimate of drug-likeness (QED) is 0.610. The Bertz CT molecular complexity index is 446. The topological polar surface area (TPSA) is 90.8 Å². The Morgan fingerprint density at radius 3 is 2.80 bits per heavy atom. The number of nitrogens with zero attached hydrogens (tertiary/aromatic N) is 1. The van der Waals surface area contributed by atoms with Gasteiger partial charge in [0, 0.05) is 38.2 Å². The van der Waals surface area contributed by atoms with Gasteiger partial charge in [0.1, 0.15) is 6.04 Å². The summed E-state index contributed by atoms with van der Waals surface area (Å²) in [4.78, 5) is 26.5. The van der Waals surface area contributed by atoms with Crippen LogP contribution in [0.2, 0.25) is 0 Å². The molecule has 0 bridgehead atoms. The van der Waals surface area contributed by atoms with Crippen molar-refractivity contribution in [3.63, 3.8) is 0 Å². The number of carbonyl (C=O) groups excluding carboxylic acids is 1. The van der Waals surface area contributed by atoms with Gasteiger partial charge in [-0.05, 0) is 12.8 Å². The standard InChI is InChI=1S/C13H19N3O3S/c1-9(17)14-7-5-12(20)16-11(13(18)19)8-10-4-2-3-6-15-10/h4,6,11H,2-3,5,7-8H2,1H3,(H,14,17)(H,16,20)(H,18,19). The van der Waals surface area contributed by atoms with Crippen LogP contribution in [0, 0.1) is 0 Å². The van der Waals surface area contributed by atoms with Crippen molar-refractivity contribution in [3.8, 4) is 0 Å². The molecule has 1 aliphatic heterocycles. The van der Waals surface area contributed by atoms with Crippen molar-refractivity contribution < 1.29 is 14.7 Å². The number of aliphatic imine (C=N–C) groups is 1. The van der Waals surface area contributed by atoms with Crippen LogP contribution in [-0.2, 0) is 9.59 Å². The molecule has 0 aromatic heterocycles. The Balaban J connectivity index is 2.44. The van der Waals surface area contributed by atoms with Crippen LogP contribution in [0.15, 0.2) is 16.8 Å². The van der Waals surface area contributed by atoms with Gasteiger partial charge in [0.05, 0.1) is 4.99 Å². The highest BCUT2D eigenvalue weighted by atomic mass is 32.1. The molecule has 0 spiro atoms. The zero-order valence-corrected chi connectivity index (χ0v) is 12.2. The fourth-order valence-electron chi connectivity index (χ4n) is 1.72. The molecule has 0 aliphatic carbocycles. The molecule has 0 aromatic carbocycles. The van der Waals surface area contributed by atoms with E-state index in [0.717, 1.165) is 18.5 Å². The van der Waals surface area contributed by atoms with E-state index in [1.807, 2.05) is 6.08 Å². The largest absolute Gasteiger partial charge is 0.480 e. The highest BCUT2D eigenvalue weighted by molar-refractivity contribution is 7.80. The predicted molar refractivity (Wildman–Crippen MR) is 80.9 cm³/mol. The smallest absolute Gasteiger partial charge is 0.326 e. The number of nitrogens with one attached hydrogen (secondary N) is 2. The third-order valence-corrected chi connectivity index (χ3v) is 3.03. The molecule has 1 rings (SSSR count). The Labute approximate surface area is 123 Å². The third kappa shape index (κ3) is 6.42. The molecule has 0 saturated heterocycles. The summed E-state index contributed by atoms with van der Waals surface area (Å²) in [7, 11) is 0. The highest BCUT2D eigenvalue weighted by Crippen LogP contribution is 2.13. The maximum Gasteiger partial charge on any atom is 0.326 e. The molecule has 1 heterocycles. The zero-order valence-electron chi connectivity index (χ0n) is 11.4. The molecule has 1 amide bonds. The van der Waals surface area contributed by atoms with E-state index in [9.17, 15) is 14.7 Å². The Morgan fingerprint density at radius 1 is 1.50 bits per heavy atom. The summed E-state index contributed by atoms with van der Waals surface area (Å²) in [6, 6.07) is -0.790. The molecule has 1 aliphatic rings. The van der Waals surface area contributed by atoms with Crippen LogP contribution in [0.1, 0.15) is 32.6 Å². The molecule has 7 heteroatoms. The summed E-state index contributed by atoms with van der Waals surface area (Å²) in [5, 5.41) is 14.6. The number of rotatable bonds is 7. The molecule has 3 N–H and O–H groups in total. The highest BCUT2D eigenvalue weighted by Gasteiger charge is 2.20. The van der Waals surface area contributed by atoms with E-state index in [0.29, 0.717) is 24.4 Å². The summed E-state index contributed by atoms with van der Waals surface area (Å²) in [5.41, 5.74) is 0.765. The second-order valence-electron chi connectivity index (χ2n) is 4.48. The van der Waals surface area contributed by atoms with Crippen LogP contribution < -0.4 is 10.6 Å². The fourth-order valence-corrected chi connectivity index (χ4v) is 1.97. The van der Waals surface area contributed by atoms with Gasteiger partial charge in [-0.1, -0.05) is 18.3 Å². The third-order valence-electron chi connectivity index (χ3n) is 2.71. The van der Waals surface area contributed by atoms with E-state index in [-0.39, 0.29) is 5.91 Å². The second kappa shape index (κ2) is 8.42. The molecule has 0 saturated carbocycles. The Kier molecular flexibility index (Phi) is 6.86. The van der Waals surface area contributed by atoms with Crippen LogP contribution in [0.3, 0.4) is 0 Å². The molecule has 20 heavy (non-hydrogen) atoms. The summed E-state index contributed by atoms with van der Waals surface area (Å²) in [5.74, 6) is -1.10. The molecule has 0 radical (unpaired) electrons. The van der Waals surface area contributed by atoms with Crippen molar-refractivity contribution in [1.29, 1.82) is 0 Å². The average Bonchev–Trinajstić information content (AvgIpc) is 2.38. The number of hydrogen-bond donors (Lipinski definition) is 3. The van der Waals surface area contributed by atoms with E-state index in [1.165, 1.54) is 6.92 Å². The molecular formula is C13H19N3O3S. The van der Waals surface area contributed by atoms with Crippen LogP contribution in [0.4, 0.5) is 0 Å². The van der Waals surface area contributed by atoms with E-state index in [4.69, 9.17) is 12.2 Å². The van der Waals surface area contributed by atoms with Crippen LogP contribution in [0.25, 0.3) is 0 Å². The Hall–Kier alpha value is -1.76. The zero-order chi connectivity index (χ0) is 15.0. The minimum atomic E-state index is -0.964. The van der Waals surface area contributed by atoms with Gasteiger partial charge < -0.3 is 15.7 Å². The number of thiocarbonyl (C=S) groups is 1. The van der Waals surface area contributed by atoms with Crippen LogP contribution >= 0.6 is 12.2 Å². The lowest BCUT2D eigenvalue weighted by Gasteiger charge is -2.17. The van der Waals surface area contributed by atoms with Crippen molar-refractivity contribution in [1.82, 2.24) is 10.6 Å². The molecule has 0 aromatic rings. The molecule has 6 nitrogen and oxygen atoms in total. The van der Waals surface area contributed by atoms with Gasteiger partial charge >= 0.3 is 5.97 Å². The van der Waals surface area contributed by atoms with E-state index >= 15 is 0 Å². The van der Waals surface area contributed by atoms with Gasteiger partial charge in [-0.2, -0.15) is 0 Å². The van der Waals surface area contributed by atoms with Gasteiger partial charge in [0.2, 0.25) is 5.91 Å². The van der Waals surface area contributed by atoms with Gasteiger partial charge in [0.25, 0.3) is 0 Å². The number of aliphatic carboxylic acids is 1. The first-order valence-corrected chi connectivity index (χ1v) is 6.88. The first kappa shape index (κ1) is 16.3. The summed E-state index contributed by atoms with van der Waals surface area (Å²) in [6.45, 7) is 1.82. The second-order valence-corrected chi connectivity index (χ2v) is 4.97. The van der Waals surface area contributed by atoms with Crippen molar-refractivity contribution in [2.75, 3.05) is 6.54 Å². The lowest BCUT2D eigenvalue weighted by molar-refractivity contribution is -0.139. The normalized spacial score (nSPS) is 15.2. The Morgan fingerprint density at radius 2 is 2.25 bits per heavy atom. The number of hydrogen-bond acceptors (Lipinski definition) is 4. The van der Waals surface area contributed by atoms with Gasteiger partial charge in [-0.15, -0.1) is 0 Å². The fraction of sp³-hybridized carbons (Fsp3) is 0.538. The van der Waals surface area contributed by atoms with Crippen molar-refractivity contribution in [2.45, 2.75) is 38.6 Å². The maximum absolute atomic E-state index is 11.2. The molecule has 1 unspecified atom stereocenters. The first-order valence-electron chi connectivity index (χ1n) is 6.47. The molecular weight excluding hydrogens is 278 g/mol. The van der Waals surface area contributed by atoms with E-state index in [1.54, 1.807) is 6.21 Å². The lowest BCUT2D eigenvalue weighted by Crippen LogP contribution is -2.41. The monoisotopic (exact) mass is 297 g/mol. The lowest BCUT2D eigenvalue weighted by atomic mass is 10.1. The summed E-state index contributed by atoms with van der Waals surface area (Å²) < 4.78 is 0. The maximum atomic E-state index is 11.2. The van der Waals surface area contributed by atoms with Crippen molar-refractivity contribution in [3.05, 3.63) is 11.8 Å². The van der Waals surface area contributed by atoms with Crippen molar-refractivity contribution >= 4 is 35.3 Å². The summed E-state index contributed by atoms with van der Waals surface area (Å²) >= 11 is 5.09. The SMILES string of the molecule is CC(=O)NCCC(=S)NC(CC1=CCCC=N1)C(=O)O. The number of allylic oxidation sites excluding steroid dienone is 1. The van der Waals surface area contributed by atoms with Gasteiger partial charge in [-0.3, -0.25) is 9.79 Å². The molecule has 1 atom stereocenters. The van der Waals surface area contributed by atoms with E-state index in [2.05, 4.69) is 15.6 Å². The number of carbonyl (C=O) groups is 2. The van der Waals surface area contributed by atoms with Crippen LogP contribution in [-0.4, -0.2) is 40.8 Å². The minimum absolute atomic E-state index is 0.135. The number of amides is 1. The first-order chi connectivity index (χ1) is 9.49. The van der Waals surface area contributed by atoms with E-state index < -0.39 is 12.0 Å². The minimum Gasteiger partial charge on any atom is -0.480 e.